The normalized spacial score (nSPS) is 19.1. The SMILES string of the molecule is O=C(CN1CCCC1)OCCCCCOC(=O)CN1CCCC1. The first-order valence-electron chi connectivity index (χ1n) is 9.00. The van der Waals surface area contributed by atoms with Crippen molar-refractivity contribution in [2.24, 2.45) is 0 Å². The van der Waals surface area contributed by atoms with E-state index >= 15 is 0 Å². The van der Waals surface area contributed by atoms with Gasteiger partial charge in [-0.1, -0.05) is 0 Å². The van der Waals surface area contributed by atoms with Crippen LogP contribution in [0.4, 0.5) is 0 Å². The summed E-state index contributed by atoms with van der Waals surface area (Å²) in [6.45, 7) is 5.83. The van der Waals surface area contributed by atoms with E-state index in [4.69, 9.17) is 9.47 Å². The minimum Gasteiger partial charge on any atom is -0.465 e. The second-order valence-corrected chi connectivity index (χ2v) is 6.47. The zero-order valence-electron chi connectivity index (χ0n) is 14.1. The van der Waals surface area contributed by atoms with Gasteiger partial charge in [-0.3, -0.25) is 19.4 Å². The monoisotopic (exact) mass is 326 g/mol. The molecule has 0 aliphatic carbocycles. The Kier molecular flexibility index (Phi) is 8.39. The van der Waals surface area contributed by atoms with Gasteiger partial charge in [-0.25, -0.2) is 0 Å². The summed E-state index contributed by atoms with van der Waals surface area (Å²) >= 11 is 0. The Morgan fingerprint density at radius 1 is 0.652 bits per heavy atom. The highest BCUT2D eigenvalue weighted by molar-refractivity contribution is 5.72. The van der Waals surface area contributed by atoms with Crippen LogP contribution in [0.2, 0.25) is 0 Å². The zero-order chi connectivity index (χ0) is 16.3. The number of carbonyl (C=O) groups is 2. The van der Waals surface area contributed by atoms with E-state index in [0.29, 0.717) is 26.3 Å². The predicted molar refractivity (Wildman–Crippen MR) is 87.1 cm³/mol. The Labute approximate surface area is 139 Å². The number of unbranched alkanes of at least 4 members (excludes halogenated alkanes) is 2. The second kappa shape index (κ2) is 10.6. The molecule has 0 amide bonds. The third-order valence-corrected chi connectivity index (χ3v) is 4.42. The maximum absolute atomic E-state index is 11.6. The minimum absolute atomic E-state index is 0.121. The maximum atomic E-state index is 11.6. The average molecular weight is 326 g/mol. The molecular weight excluding hydrogens is 296 g/mol. The van der Waals surface area contributed by atoms with E-state index in [1.807, 2.05) is 0 Å². The number of likely N-dealkylation sites (tertiary alicyclic amines) is 2. The zero-order valence-corrected chi connectivity index (χ0v) is 14.1. The van der Waals surface area contributed by atoms with E-state index in [1.165, 1.54) is 25.7 Å². The van der Waals surface area contributed by atoms with Crippen molar-refractivity contribution in [3.63, 3.8) is 0 Å². The highest BCUT2D eigenvalue weighted by Crippen LogP contribution is 2.08. The number of ether oxygens (including phenoxy) is 2. The molecule has 0 N–H and O–H groups in total. The van der Waals surface area contributed by atoms with Crippen molar-refractivity contribution in [1.82, 2.24) is 9.80 Å². The third-order valence-electron chi connectivity index (χ3n) is 4.42. The lowest BCUT2D eigenvalue weighted by atomic mass is 10.2. The number of hydrogen-bond donors (Lipinski definition) is 0. The Morgan fingerprint density at radius 3 is 1.43 bits per heavy atom. The molecule has 0 aromatic rings. The molecule has 0 aromatic heterocycles. The first-order chi connectivity index (χ1) is 11.2. The minimum atomic E-state index is -0.121. The summed E-state index contributed by atoms with van der Waals surface area (Å²) in [7, 11) is 0. The van der Waals surface area contributed by atoms with Crippen LogP contribution in [0.15, 0.2) is 0 Å². The molecule has 2 aliphatic heterocycles. The molecule has 0 saturated carbocycles. The molecule has 132 valence electrons. The van der Waals surface area contributed by atoms with Crippen LogP contribution >= 0.6 is 0 Å². The molecule has 0 atom stereocenters. The lowest BCUT2D eigenvalue weighted by Gasteiger charge is -2.14. The van der Waals surface area contributed by atoms with Crippen molar-refractivity contribution in [3.8, 4) is 0 Å². The Balaban J connectivity index is 1.37. The lowest BCUT2D eigenvalue weighted by molar-refractivity contribution is -0.145. The highest BCUT2D eigenvalue weighted by atomic mass is 16.5. The first-order valence-corrected chi connectivity index (χ1v) is 9.00. The predicted octanol–water partition coefficient (Wildman–Crippen LogP) is 1.43. The van der Waals surface area contributed by atoms with Gasteiger partial charge in [0.05, 0.1) is 26.3 Å². The van der Waals surface area contributed by atoms with E-state index in [0.717, 1.165) is 45.4 Å². The quantitative estimate of drug-likeness (QED) is 0.447. The van der Waals surface area contributed by atoms with Gasteiger partial charge >= 0.3 is 11.9 Å². The number of esters is 2. The van der Waals surface area contributed by atoms with Crippen molar-refractivity contribution >= 4 is 11.9 Å². The highest BCUT2D eigenvalue weighted by Gasteiger charge is 2.16. The van der Waals surface area contributed by atoms with Crippen molar-refractivity contribution in [1.29, 1.82) is 0 Å². The third kappa shape index (κ3) is 7.79. The smallest absolute Gasteiger partial charge is 0.320 e. The maximum Gasteiger partial charge on any atom is 0.320 e. The van der Waals surface area contributed by atoms with Crippen molar-refractivity contribution in [3.05, 3.63) is 0 Å². The summed E-state index contributed by atoms with van der Waals surface area (Å²) in [5.74, 6) is -0.243. The van der Waals surface area contributed by atoms with Gasteiger partial charge in [0.25, 0.3) is 0 Å². The molecular formula is C17H30N2O4. The van der Waals surface area contributed by atoms with E-state index in [-0.39, 0.29) is 11.9 Å². The van der Waals surface area contributed by atoms with Crippen LogP contribution in [0, 0.1) is 0 Å². The van der Waals surface area contributed by atoms with Crippen LogP contribution in [0.3, 0.4) is 0 Å². The van der Waals surface area contributed by atoms with Crippen molar-refractivity contribution in [2.45, 2.75) is 44.9 Å². The Hall–Kier alpha value is -1.14. The summed E-state index contributed by atoms with van der Waals surface area (Å²) in [4.78, 5) is 27.5. The van der Waals surface area contributed by atoms with E-state index in [2.05, 4.69) is 9.80 Å². The number of hydrogen-bond acceptors (Lipinski definition) is 6. The van der Waals surface area contributed by atoms with Crippen LogP contribution in [-0.2, 0) is 19.1 Å². The molecule has 0 unspecified atom stereocenters. The molecule has 6 heteroatoms. The Morgan fingerprint density at radius 2 is 1.04 bits per heavy atom. The van der Waals surface area contributed by atoms with Gasteiger partial charge in [0.2, 0.25) is 0 Å². The van der Waals surface area contributed by atoms with Gasteiger partial charge in [0, 0.05) is 0 Å². The second-order valence-electron chi connectivity index (χ2n) is 6.47. The van der Waals surface area contributed by atoms with E-state index in [9.17, 15) is 9.59 Å². The molecule has 0 aromatic carbocycles. The number of nitrogens with zero attached hydrogens (tertiary/aromatic N) is 2. The lowest BCUT2D eigenvalue weighted by Crippen LogP contribution is -2.28. The molecule has 0 spiro atoms. The molecule has 2 rings (SSSR count). The van der Waals surface area contributed by atoms with Crippen LogP contribution in [0.5, 0.6) is 0 Å². The average Bonchev–Trinajstić information content (AvgIpc) is 3.20. The number of rotatable bonds is 10. The fourth-order valence-corrected chi connectivity index (χ4v) is 3.09. The summed E-state index contributed by atoms with van der Waals surface area (Å²) < 4.78 is 10.5. The standard InChI is InChI=1S/C17H30N2O4/c20-16(14-18-8-2-3-9-18)22-12-6-1-7-13-23-17(21)15-19-10-4-5-11-19/h1-15H2. The Bertz CT molecular complexity index is 330. The van der Waals surface area contributed by atoms with Gasteiger partial charge in [-0.15, -0.1) is 0 Å². The van der Waals surface area contributed by atoms with Gasteiger partial charge in [0.1, 0.15) is 0 Å². The fourth-order valence-electron chi connectivity index (χ4n) is 3.09. The van der Waals surface area contributed by atoms with E-state index < -0.39 is 0 Å². The molecule has 2 saturated heterocycles. The van der Waals surface area contributed by atoms with Crippen LogP contribution in [-0.4, -0.2) is 74.2 Å². The van der Waals surface area contributed by atoms with Crippen LogP contribution < -0.4 is 0 Å². The van der Waals surface area contributed by atoms with Crippen LogP contribution in [0.1, 0.15) is 44.9 Å². The molecule has 23 heavy (non-hydrogen) atoms. The van der Waals surface area contributed by atoms with Gasteiger partial charge in [-0.05, 0) is 71.1 Å². The fraction of sp³-hybridized carbons (Fsp3) is 0.882. The molecule has 0 radical (unpaired) electrons. The molecule has 6 nitrogen and oxygen atoms in total. The van der Waals surface area contributed by atoms with Crippen molar-refractivity contribution in [2.75, 3.05) is 52.5 Å². The summed E-state index contributed by atoms with van der Waals surface area (Å²) in [5, 5.41) is 0. The topological polar surface area (TPSA) is 59.1 Å². The van der Waals surface area contributed by atoms with Crippen molar-refractivity contribution < 1.29 is 19.1 Å². The first kappa shape index (κ1) is 18.2. The molecule has 2 aliphatic rings. The van der Waals surface area contributed by atoms with E-state index in [1.54, 1.807) is 0 Å². The van der Waals surface area contributed by atoms with Gasteiger partial charge in [0.15, 0.2) is 0 Å². The summed E-state index contributed by atoms with van der Waals surface area (Å²) in [6.07, 6.45) is 7.31. The molecule has 2 heterocycles. The number of carbonyl (C=O) groups excluding carboxylic acids is 2. The summed E-state index contributed by atoms with van der Waals surface area (Å²) in [5.41, 5.74) is 0. The van der Waals surface area contributed by atoms with Crippen LogP contribution in [0.25, 0.3) is 0 Å². The molecule has 0 bridgehead atoms. The van der Waals surface area contributed by atoms with Gasteiger partial charge in [-0.2, -0.15) is 0 Å². The summed E-state index contributed by atoms with van der Waals surface area (Å²) in [6, 6.07) is 0. The van der Waals surface area contributed by atoms with Gasteiger partial charge < -0.3 is 9.47 Å². The largest absolute Gasteiger partial charge is 0.465 e. The molecule has 2 fully saturated rings.